The Balaban J connectivity index is 1.78. The van der Waals surface area contributed by atoms with Gasteiger partial charge in [0.2, 0.25) is 0 Å². The molecule has 0 aliphatic rings. The first kappa shape index (κ1) is 14.3. The number of benzene rings is 3. The number of ketones is 1. The van der Waals surface area contributed by atoms with Gasteiger partial charge in [0.25, 0.3) is 0 Å². The molecule has 1 nitrogen and oxygen atoms in total. The third-order valence-corrected chi connectivity index (χ3v) is 3.82. The van der Waals surface area contributed by atoms with Gasteiger partial charge < -0.3 is 0 Å². The molecule has 0 spiro atoms. The summed E-state index contributed by atoms with van der Waals surface area (Å²) < 4.78 is 0. The molecule has 0 heterocycles. The number of rotatable bonds is 5. The molecule has 0 atom stereocenters. The summed E-state index contributed by atoms with van der Waals surface area (Å²) >= 11 is 0. The van der Waals surface area contributed by atoms with Crippen molar-refractivity contribution in [3.63, 3.8) is 0 Å². The van der Waals surface area contributed by atoms with E-state index in [1.807, 2.05) is 60.7 Å². The summed E-state index contributed by atoms with van der Waals surface area (Å²) in [5, 5.41) is 0. The first-order valence-corrected chi connectivity index (χ1v) is 7.56. The summed E-state index contributed by atoms with van der Waals surface area (Å²) in [6.45, 7) is 0. The predicted octanol–water partition coefficient (Wildman–Crippen LogP) is 5.17. The smallest absolute Gasteiger partial charge is 0.163 e. The molecule has 0 unspecified atom stereocenters. The number of hydrogen-bond donors (Lipinski definition) is 0. The minimum absolute atomic E-state index is 0.198. The maximum absolute atomic E-state index is 12.3. The summed E-state index contributed by atoms with van der Waals surface area (Å²) in [5.41, 5.74) is 4.42. The summed E-state index contributed by atoms with van der Waals surface area (Å²) in [5.74, 6) is 0.198. The molecule has 1 heteroatoms. The molecule has 0 bridgehead atoms. The van der Waals surface area contributed by atoms with Crippen LogP contribution in [0.3, 0.4) is 0 Å². The predicted molar refractivity (Wildman–Crippen MR) is 91.0 cm³/mol. The number of carbonyl (C=O) groups is 1. The maximum Gasteiger partial charge on any atom is 0.163 e. The van der Waals surface area contributed by atoms with E-state index in [-0.39, 0.29) is 5.78 Å². The van der Waals surface area contributed by atoms with Gasteiger partial charge >= 0.3 is 0 Å². The lowest BCUT2D eigenvalue weighted by molar-refractivity contribution is 0.0983. The Morgan fingerprint density at radius 2 is 1.27 bits per heavy atom. The molecular weight excluding hydrogens is 268 g/mol. The zero-order valence-corrected chi connectivity index (χ0v) is 12.4. The van der Waals surface area contributed by atoms with E-state index in [0.29, 0.717) is 6.42 Å². The third-order valence-electron chi connectivity index (χ3n) is 3.82. The van der Waals surface area contributed by atoms with Crippen LogP contribution < -0.4 is 0 Å². The van der Waals surface area contributed by atoms with E-state index < -0.39 is 0 Å². The Bertz CT molecular complexity index is 745. The second-order valence-corrected chi connectivity index (χ2v) is 5.31. The van der Waals surface area contributed by atoms with E-state index in [0.717, 1.165) is 12.0 Å². The lowest BCUT2D eigenvalue weighted by Gasteiger charge is -2.09. The highest BCUT2D eigenvalue weighted by molar-refractivity contribution is 5.96. The van der Waals surface area contributed by atoms with Gasteiger partial charge in [-0.1, -0.05) is 84.9 Å². The minimum atomic E-state index is 0.198. The van der Waals surface area contributed by atoms with E-state index >= 15 is 0 Å². The van der Waals surface area contributed by atoms with Gasteiger partial charge in [-0.15, -0.1) is 0 Å². The minimum Gasteiger partial charge on any atom is -0.294 e. The zero-order chi connectivity index (χ0) is 15.2. The highest BCUT2D eigenvalue weighted by Gasteiger charge is 2.08. The second-order valence-electron chi connectivity index (χ2n) is 5.31. The Morgan fingerprint density at radius 1 is 0.682 bits per heavy atom. The van der Waals surface area contributed by atoms with Gasteiger partial charge in [-0.25, -0.2) is 0 Å². The normalized spacial score (nSPS) is 10.4. The molecule has 0 fully saturated rings. The first-order valence-electron chi connectivity index (χ1n) is 7.56. The van der Waals surface area contributed by atoms with E-state index in [1.54, 1.807) is 0 Å². The van der Waals surface area contributed by atoms with E-state index in [1.165, 1.54) is 16.7 Å². The van der Waals surface area contributed by atoms with Crippen molar-refractivity contribution in [2.24, 2.45) is 0 Å². The molecular formula is C21H18O. The van der Waals surface area contributed by atoms with Crippen LogP contribution in [0.25, 0.3) is 11.1 Å². The van der Waals surface area contributed by atoms with E-state index in [9.17, 15) is 4.79 Å². The maximum atomic E-state index is 12.3. The second kappa shape index (κ2) is 6.86. The van der Waals surface area contributed by atoms with Crippen molar-refractivity contribution in [1.29, 1.82) is 0 Å². The lowest BCUT2D eigenvalue weighted by Crippen LogP contribution is -2.01. The van der Waals surface area contributed by atoms with Gasteiger partial charge in [0, 0.05) is 12.0 Å². The average Bonchev–Trinajstić information content (AvgIpc) is 2.61. The summed E-state index contributed by atoms with van der Waals surface area (Å²) in [6.07, 6.45) is 1.30. The molecule has 0 aliphatic carbocycles. The van der Waals surface area contributed by atoms with E-state index in [4.69, 9.17) is 0 Å². The first-order chi connectivity index (χ1) is 10.8. The molecule has 0 saturated carbocycles. The quantitative estimate of drug-likeness (QED) is 0.591. The molecule has 3 aromatic carbocycles. The summed E-state index contributed by atoms with van der Waals surface area (Å²) in [4.78, 5) is 12.3. The van der Waals surface area contributed by atoms with Gasteiger partial charge in [0.15, 0.2) is 5.78 Å². The molecule has 0 aliphatic heterocycles. The Kier molecular flexibility index (Phi) is 4.45. The van der Waals surface area contributed by atoms with Gasteiger partial charge in [-0.3, -0.25) is 4.79 Å². The van der Waals surface area contributed by atoms with Crippen LogP contribution in [0.2, 0.25) is 0 Å². The van der Waals surface area contributed by atoms with Crippen molar-refractivity contribution >= 4 is 5.78 Å². The molecule has 108 valence electrons. The van der Waals surface area contributed by atoms with Crippen molar-refractivity contribution in [3.05, 3.63) is 96.1 Å². The van der Waals surface area contributed by atoms with E-state index in [2.05, 4.69) is 24.3 Å². The molecule has 3 rings (SSSR count). The Labute approximate surface area is 131 Å². The fourth-order valence-corrected chi connectivity index (χ4v) is 2.65. The van der Waals surface area contributed by atoms with Crippen LogP contribution >= 0.6 is 0 Å². The van der Waals surface area contributed by atoms with Crippen LogP contribution in [-0.4, -0.2) is 5.78 Å². The average molecular weight is 286 g/mol. The van der Waals surface area contributed by atoms with Crippen LogP contribution in [0.15, 0.2) is 84.9 Å². The van der Waals surface area contributed by atoms with Gasteiger partial charge in [0.1, 0.15) is 0 Å². The van der Waals surface area contributed by atoms with Crippen LogP contribution in [0.5, 0.6) is 0 Å². The number of aryl methyl sites for hydroxylation is 1. The highest BCUT2D eigenvalue weighted by atomic mass is 16.1. The monoisotopic (exact) mass is 286 g/mol. The molecule has 0 amide bonds. The topological polar surface area (TPSA) is 17.1 Å². The Morgan fingerprint density at radius 3 is 2.00 bits per heavy atom. The van der Waals surface area contributed by atoms with Crippen molar-refractivity contribution in [3.8, 4) is 11.1 Å². The molecule has 0 aromatic heterocycles. The van der Waals surface area contributed by atoms with Crippen molar-refractivity contribution in [2.75, 3.05) is 0 Å². The largest absolute Gasteiger partial charge is 0.294 e. The van der Waals surface area contributed by atoms with Gasteiger partial charge in [-0.05, 0) is 23.1 Å². The molecule has 22 heavy (non-hydrogen) atoms. The zero-order valence-electron chi connectivity index (χ0n) is 12.4. The van der Waals surface area contributed by atoms with Gasteiger partial charge in [0.05, 0.1) is 0 Å². The summed E-state index contributed by atoms with van der Waals surface area (Å²) in [6, 6.07) is 28.1. The standard InChI is InChI=1S/C21H18O/c22-21(19-12-5-2-6-13-19)16-15-18-11-7-8-14-20(18)17-9-3-1-4-10-17/h1-14H,15-16H2. The van der Waals surface area contributed by atoms with Crippen molar-refractivity contribution in [2.45, 2.75) is 12.8 Å². The molecule has 0 N–H and O–H groups in total. The van der Waals surface area contributed by atoms with Crippen LogP contribution in [-0.2, 0) is 6.42 Å². The number of carbonyl (C=O) groups excluding carboxylic acids is 1. The third kappa shape index (κ3) is 3.32. The van der Waals surface area contributed by atoms with Gasteiger partial charge in [-0.2, -0.15) is 0 Å². The fourth-order valence-electron chi connectivity index (χ4n) is 2.65. The van der Waals surface area contributed by atoms with Crippen LogP contribution in [0.1, 0.15) is 22.3 Å². The Hall–Kier alpha value is -2.67. The van der Waals surface area contributed by atoms with Crippen molar-refractivity contribution < 1.29 is 4.79 Å². The molecule has 0 radical (unpaired) electrons. The highest BCUT2D eigenvalue weighted by Crippen LogP contribution is 2.24. The summed E-state index contributed by atoms with van der Waals surface area (Å²) in [7, 11) is 0. The van der Waals surface area contributed by atoms with Crippen LogP contribution in [0.4, 0.5) is 0 Å². The molecule has 3 aromatic rings. The lowest BCUT2D eigenvalue weighted by atomic mass is 9.95. The fraction of sp³-hybridized carbons (Fsp3) is 0.0952. The number of hydrogen-bond acceptors (Lipinski definition) is 1. The molecule has 0 saturated heterocycles. The van der Waals surface area contributed by atoms with Crippen molar-refractivity contribution in [1.82, 2.24) is 0 Å². The van der Waals surface area contributed by atoms with Crippen LogP contribution in [0, 0.1) is 0 Å². The SMILES string of the molecule is O=C(CCc1ccccc1-c1ccccc1)c1ccccc1. The number of Topliss-reactive ketones (excluding diaryl/α,β-unsaturated/α-hetero) is 1.